The molecule has 0 N–H and O–H groups in total. The van der Waals surface area contributed by atoms with Crippen LogP contribution in [0.4, 0.5) is 0 Å². The summed E-state index contributed by atoms with van der Waals surface area (Å²) >= 11 is 0. The molecule has 4 rings (SSSR count). The Morgan fingerprint density at radius 2 is 1.80 bits per heavy atom. The molecule has 2 aliphatic heterocycles. The van der Waals surface area contributed by atoms with Crippen LogP contribution in [0.1, 0.15) is 72.1 Å². The van der Waals surface area contributed by atoms with E-state index in [-0.39, 0.29) is 29.2 Å². The molecule has 4 aliphatic rings. The minimum Gasteiger partial charge on any atom is -0.459 e. The standard InChI is InChI=1S/C17H28O3/c1-16(2)13-9-10-17(3,20-16)14(11-13)19-15(18)12-7-5-4-6-8-12/h12-14H,4-11H2,1-3H3. The molecule has 2 heterocycles. The van der Waals surface area contributed by atoms with E-state index in [2.05, 4.69) is 20.8 Å². The monoisotopic (exact) mass is 280 g/mol. The van der Waals surface area contributed by atoms with Gasteiger partial charge in [0.25, 0.3) is 0 Å². The second-order valence-electron chi connectivity index (χ2n) is 7.75. The van der Waals surface area contributed by atoms with Crippen molar-refractivity contribution < 1.29 is 14.3 Å². The fourth-order valence-corrected chi connectivity index (χ4v) is 4.43. The summed E-state index contributed by atoms with van der Waals surface area (Å²) in [6.45, 7) is 6.48. The predicted octanol–water partition coefficient (Wildman–Crippen LogP) is 3.85. The molecule has 0 aromatic heterocycles. The molecule has 0 aromatic rings. The molecule has 0 spiro atoms. The summed E-state index contributed by atoms with van der Waals surface area (Å²) in [5.41, 5.74) is -0.344. The number of carbonyl (C=O) groups excluding carboxylic acids is 1. The number of hydrogen-bond donors (Lipinski definition) is 0. The van der Waals surface area contributed by atoms with Gasteiger partial charge in [-0.25, -0.2) is 0 Å². The number of esters is 1. The van der Waals surface area contributed by atoms with Gasteiger partial charge in [0, 0.05) is 0 Å². The second kappa shape index (κ2) is 5.01. The maximum Gasteiger partial charge on any atom is 0.309 e. The van der Waals surface area contributed by atoms with Crippen LogP contribution >= 0.6 is 0 Å². The van der Waals surface area contributed by atoms with Gasteiger partial charge in [0.15, 0.2) is 0 Å². The van der Waals surface area contributed by atoms with E-state index < -0.39 is 0 Å². The van der Waals surface area contributed by atoms with Crippen LogP contribution in [-0.4, -0.2) is 23.3 Å². The lowest BCUT2D eigenvalue weighted by Gasteiger charge is -2.57. The maximum absolute atomic E-state index is 12.4. The van der Waals surface area contributed by atoms with E-state index >= 15 is 0 Å². The van der Waals surface area contributed by atoms with Gasteiger partial charge in [-0.1, -0.05) is 19.3 Å². The lowest BCUT2D eigenvalue weighted by molar-refractivity contribution is -0.279. The van der Waals surface area contributed by atoms with Crippen LogP contribution in [0.2, 0.25) is 0 Å². The first-order valence-electron chi connectivity index (χ1n) is 8.31. The number of ether oxygens (including phenoxy) is 2. The molecule has 0 radical (unpaired) electrons. The van der Waals surface area contributed by atoms with E-state index in [1.165, 1.54) is 25.7 Å². The van der Waals surface area contributed by atoms with E-state index in [0.29, 0.717) is 5.92 Å². The molecule has 114 valence electrons. The Balaban J connectivity index is 1.65. The number of carbonyl (C=O) groups is 1. The minimum atomic E-state index is -0.275. The molecule has 2 saturated heterocycles. The third kappa shape index (κ3) is 2.49. The highest BCUT2D eigenvalue weighted by Crippen LogP contribution is 2.50. The van der Waals surface area contributed by atoms with Crippen molar-refractivity contribution in [2.24, 2.45) is 11.8 Å². The van der Waals surface area contributed by atoms with Crippen molar-refractivity contribution in [2.45, 2.75) is 89.4 Å². The third-order valence-corrected chi connectivity index (χ3v) is 5.85. The molecule has 2 saturated carbocycles. The number of rotatable bonds is 2. The molecule has 0 aromatic carbocycles. The molecule has 3 nitrogen and oxygen atoms in total. The molecule has 4 fully saturated rings. The van der Waals surface area contributed by atoms with Gasteiger partial charge in [-0.15, -0.1) is 0 Å². The molecule has 3 atom stereocenters. The third-order valence-electron chi connectivity index (χ3n) is 5.85. The smallest absolute Gasteiger partial charge is 0.309 e. The zero-order valence-electron chi connectivity index (χ0n) is 13.1. The Kier molecular flexibility index (Phi) is 3.60. The molecule has 2 aliphatic carbocycles. The van der Waals surface area contributed by atoms with Gasteiger partial charge in [0.1, 0.15) is 11.7 Å². The maximum atomic E-state index is 12.4. The van der Waals surface area contributed by atoms with Crippen LogP contribution in [-0.2, 0) is 14.3 Å². The van der Waals surface area contributed by atoms with Crippen molar-refractivity contribution in [3.63, 3.8) is 0 Å². The van der Waals surface area contributed by atoms with Crippen molar-refractivity contribution in [1.29, 1.82) is 0 Å². The van der Waals surface area contributed by atoms with Gasteiger partial charge < -0.3 is 9.47 Å². The summed E-state index contributed by atoms with van der Waals surface area (Å²) in [5, 5.41) is 0. The lowest BCUT2D eigenvalue weighted by Crippen LogP contribution is -2.62. The van der Waals surface area contributed by atoms with Gasteiger partial charge in [-0.3, -0.25) is 4.79 Å². The van der Waals surface area contributed by atoms with Crippen molar-refractivity contribution >= 4 is 5.97 Å². The summed E-state index contributed by atoms with van der Waals surface area (Å²) in [4.78, 5) is 12.4. The van der Waals surface area contributed by atoms with Crippen LogP contribution in [0.15, 0.2) is 0 Å². The molecular weight excluding hydrogens is 252 g/mol. The molecular formula is C17H28O3. The molecule has 20 heavy (non-hydrogen) atoms. The SMILES string of the molecule is CC1(C)OC2(C)CCC1CC2OC(=O)C1CCCCC1. The zero-order valence-corrected chi connectivity index (χ0v) is 13.1. The van der Waals surface area contributed by atoms with E-state index in [4.69, 9.17) is 9.47 Å². The first kappa shape index (κ1) is 14.4. The summed E-state index contributed by atoms with van der Waals surface area (Å²) in [6, 6.07) is 0. The topological polar surface area (TPSA) is 35.5 Å². The van der Waals surface area contributed by atoms with Gasteiger partial charge >= 0.3 is 5.97 Å². The van der Waals surface area contributed by atoms with E-state index in [1.54, 1.807) is 0 Å². The molecule has 2 bridgehead atoms. The van der Waals surface area contributed by atoms with Gasteiger partial charge in [-0.2, -0.15) is 0 Å². The van der Waals surface area contributed by atoms with Crippen molar-refractivity contribution in [3.8, 4) is 0 Å². The van der Waals surface area contributed by atoms with E-state index in [0.717, 1.165) is 25.7 Å². The zero-order chi connectivity index (χ0) is 14.4. The number of fused-ring (bicyclic) bond motifs is 3. The first-order valence-corrected chi connectivity index (χ1v) is 8.31. The summed E-state index contributed by atoms with van der Waals surface area (Å²) in [5.74, 6) is 0.694. The van der Waals surface area contributed by atoms with Crippen molar-refractivity contribution in [2.75, 3.05) is 0 Å². The fraction of sp³-hybridized carbons (Fsp3) is 0.941. The quantitative estimate of drug-likeness (QED) is 0.721. The van der Waals surface area contributed by atoms with E-state index in [1.807, 2.05) is 0 Å². The van der Waals surface area contributed by atoms with Crippen LogP contribution in [0.3, 0.4) is 0 Å². The van der Waals surface area contributed by atoms with E-state index in [9.17, 15) is 4.79 Å². The Morgan fingerprint density at radius 1 is 1.10 bits per heavy atom. The van der Waals surface area contributed by atoms with Crippen LogP contribution in [0.5, 0.6) is 0 Å². The molecule has 0 amide bonds. The molecule has 3 heteroatoms. The van der Waals surface area contributed by atoms with Crippen molar-refractivity contribution in [3.05, 3.63) is 0 Å². The number of hydrogen-bond acceptors (Lipinski definition) is 3. The highest BCUT2D eigenvalue weighted by atomic mass is 16.6. The first-order chi connectivity index (χ1) is 9.41. The predicted molar refractivity (Wildman–Crippen MR) is 77.4 cm³/mol. The average Bonchev–Trinajstić information content (AvgIpc) is 2.40. The largest absolute Gasteiger partial charge is 0.459 e. The van der Waals surface area contributed by atoms with Crippen LogP contribution in [0, 0.1) is 11.8 Å². The highest BCUT2D eigenvalue weighted by molar-refractivity contribution is 5.72. The Labute approximate surface area is 122 Å². The average molecular weight is 280 g/mol. The second-order valence-corrected chi connectivity index (χ2v) is 7.75. The van der Waals surface area contributed by atoms with Crippen LogP contribution < -0.4 is 0 Å². The summed E-state index contributed by atoms with van der Waals surface area (Å²) in [6.07, 6.45) is 8.79. The normalized spacial score (nSPS) is 40.5. The van der Waals surface area contributed by atoms with Crippen LogP contribution in [0.25, 0.3) is 0 Å². The van der Waals surface area contributed by atoms with Gasteiger partial charge in [0.05, 0.1) is 11.5 Å². The van der Waals surface area contributed by atoms with Crippen molar-refractivity contribution in [1.82, 2.24) is 0 Å². The lowest BCUT2D eigenvalue weighted by atomic mass is 9.67. The summed E-state index contributed by atoms with van der Waals surface area (Å²) in [7, 11) is 0. The Bertz CT molecular complexity index is 384. The summed E-state index contributed by atoms with van der Waals surface area (Å²) < 4.78 is 12.2. The Hall–Kier alpha value is -0.570. The van der Waals surface area contributed by atoms with Gasteiger partial charge in [0.2, 0.25) is 0 Å². The minimum absolute atomic E-state index is 0.0323. The molecule has 3 unspecified atom stereocenters. The Morgan fingerprint density at radius 3 is 2.40 bits per heavy atom. The van der Waals surface area contributed by atoms with Gasteiger partial charge in [-0.05, 0) is 58.8 Å². The fourth-order valence-electron chi connectivity index (χ4n) is 4.43. The highest BCUT2D eigenvalue weighted by Gasteiger charge is 2.55.